The number of carbonyl (C=O) groups excluding carboxylic acids is 2. The first kappa shape index (κ1) is 17.5. The summed E-state index contributed by atoms with van der Waals surface area (Å²) in [6.45, 7) is 5.01. The van der Waals surface area contributed by atoms with Crippen LogP contribution < -0.4 is 5.32 Å². The van der Waals surface area contributed by atoms with Crippen molar-refractivity contribution < 1.29 is 29.3 Å². The normalized spacial score (nSPS) is 30.8. The van der Waals surface area contributed by atoms with Gasteiger partial charge in [0.25, 0.3) is 0 Å². The number of carboxylic acid groups (broad SMARTS) is 1. The smallest absolute Gasteiger partial charge is 0.408 e. The van der Waals surface area contributed by atoms with Crippen molar-refractivity contribution >= 4 is 18.0 Å². The van der Waals surface area contributed by atoms with Crippen LogP contribution in [-0.2, 0) is 14.3 Å². The Hall–Kier alpha value is -1.83. The molecule has 0 aromatic carbocycles. The second-order valence-electron chi connectivity index (χ2n) is 7.12. The second kappa shape index (κ2) is 6.35. The van der Waals surface area contributed by atoms with Gasteiger partial charge in [-0.25, -0.2) is 9.59 Å². The van der Waals surface area contributed by atoms with Crippen molar-refractivity contribution in [3.8, 4) is 0 Å². The zero-order valence-corrected chi connectivity index (χ0v) is 13.6. The number of ether oxygens (including phenoxy) is 1. The maximum absolute atomic E-state index is 12.6. The van der Waals surface area contributed by atoms with Gasteiger partial charge in [-0.3, -0.25) is 4.79 Å². The standard InChI is InChI=1S/C15H24N2O6/c1-15(2,3)23-14(22)16-9-4-5-10-8(7-18)6-11(13(20)21)17(10)12(9)19/h8-11,18H,4-7H2,1-3H3,(H,16,22)(H,20,21)/t8-,9-,10-,11-/m0/s1. The van der Waals surface area contributed by atoms with Crippen LogP contribution in [-0.4, -0.2) is 63.4 Å². The third-order valence-corrected chi connectivity index (χ3v) is 4.28. The van der Waals surface area contributed by atoms with Crippen molar-refractivity contribution in [2.24, 2.45) is 5.92 Å². The summed E-state index contributed by atoms with van der Waals surface area (Å²) in [7, 11) is 0. The van der Waals surface area contributed by atoms with E-state index in [1.807, 2.05) is 0 Å². The minimum absolute atomic E-state index is 0.150. The predicted molar refractivity (Wildman–Crippen MR) is 79.6 cm³/mol. The predicted octanol–water partition coefficient (Wildman–Crippen LogP) is 0.336. The number of amides is 2. The Kier molecular flexibility index (Phi) is 4.84. The van der Waals surface area contributed by atoms with Gasteiger partial charge in [0.2, 0.25) is 5.91 Å². The van der Waals surface area contributed by atoms with Crippen molar-refractivity contribution in [3.63, 3.8) is 0 Å². The Labute approximate surface area is 134 Å². The Morgan fingerprint density at radius 2 is 2.00 bits per heavy atom. The lowest BCUT2D eigenvalue weighted by Crippen LogP contribution is -2.58. The lowest BCUT2D eigenvalue weighted by Gasteiger charge is -2.38. The molecular formula is C15H24N2O6. The summed E-state index contributed by atoms with van der Waals surface area (Å²) in [5.41, 5.74) is -0.677. The molecule has 2 saturated heterocycles. The summed E-state index contributed by atoms with van der Waals surface area (Å²) in [5.74, 6) is -1.74. The number of aliphatic hydroxyl groups excluding tert-OH is 1. The number of nitrogens with zero attached hydrogens (tertiary/aromatic N) is 1. The van der Waals surface area contributed by atoms with Crippen LogP contribution in [0, 0.1) is 5.92 Å². The fourth-order valence-corrected chi connectivity index (χ4v) is 3.35. The van der Waals surface area contributed by atoms with Gasteiger partial charge < -0.3 is 25.2 Å². The molecule has 3 N–H and O–H groups in total. The van der Waals surface area contributed by atoms with Gasteiger partial charge in [0.05, 0.1) is 0 Å². The summed E-state index contributed by atoms with van der Waals surface area (Å²) in [4.78, 5) is 37.1. The number of piperidine rings is 1. The molecule has 2 amide bonds. The minimum atomic E-state index is -1.09. The summed E-state index contributed by atoms with van der Waals surface area (Å²) in [6.07, 6.45) is 0.490. The fourth-order valence-electron chi connectivity index (χ4n) is 3.35. The number of carbonyl (C=O) groups is 3. The number of aliphatic carboxylic acids is 1. The molecule has 23 heavy (non-hydrogen) atoms. The molecule has 0 aliphatic carbocycles. The van der Waals surface area contributed by atoms with Gasteiger partial charge in [0.15, 0.2) is 0 Å². The van der Waals surface area contributed by atoms with Crippen molar-refractivity contribution in [2.45, 2.75) is 63.8 Å². The lowest BCUT2D eigenvalue weighted by molar-refractivity contribution is -0.152. The highest BCUT2D eigenvalue weighted by molar-refractivity contribution is 5.90. The maximum atomic E-state index is 12.6. The number of aliphatic hydroxyl groups is 1. The third kappa shape index (κ3) is 3.74. The molecule has 2 aliphatic heterocycles. The Balaban J connectivity index is 2.09. The van der Waals surface area contributed by atoms with E-state index in [2.05, 4.69) is 5.32 Å². The topological polar surface area (TPSA) is 116 Å². The largest absolute Gasteiger partial charge is 0.480 e. The van der Waals surface area contributed by atoms with Gasteiger partial charge in [-0.05, 0) is 40.0 Å². The van der Waals surface area contributed by atoms with Crippen LogP contribution >= 0.6 is 0 Å². The SMILES string of the molecule is CC(C)(C)OC(=O)N[C@H]1CC[C@H]2[C@H](CO)C[C@@H](C(=O)O)N2C1=O. The average molecular weight is 328 g/mol. The Morgan fingerprint density at radius 1 is 1.35 bits per heavy atom. The molecule has 8 nitrogen and oxygen atoms in total. The van der Waals surface area contributed by atoms with Crippen molar-refractivity contribution in [2.75, 3.05) is 6.61 Å². The third-order valence-electron chi connectivity index (χ3n) is 4.28. The molecular weight excluding hydrogens is 304 g/mol. The molecule has 130 valence electrons. The van der Waals surface area contributed by atoms with Gasteiger partial charge in [-0.2, -0.15) is 0 Å². The number of nitrogens with one attached hydrogen (secondary N) is 1. The molecule has 0 aromatic rings. The zero-order chi connectivity index (χ0) is 17.4. The van der Waals surface area contributed by atoms with E-state index in [4.69, 9.17) is 4.74 Å². The van der Waals surface area contributed by atoms with Gasteiger partial charge in [0.1, 0.15) is 17.7 Å². The van der Waals surface area contributed by atoms with Crippen molar-refractivity contribution in [1.29, 1.82) is 0 Å². The monoisotopic (exact) mass is 328 g/mol. The summed E-state index contributed by atoms with van der Waals surface area (Å²) < 4.78 is 5.14. The highest BCUT2D eigenvalue weighted by Crippen LogP contribution is 2.36. The van der Waals surface area contributed by atoms with Gasteiger partial charge in [0, 0.05) is 18.6 Å². The molecule has 0 aromatic heterocycles. The maximum Gasteiger partial charge on any atom is 0.408 e. The van der Waals surface area contributed by atoms with E-state index in [1.54, 1.807) is 20.8 Å². The first-order chi connectivity index (χ1) is 10.6. The molecule has 4 atom stereocenters. The number of hydrogen-bond donors (Lipinski definition) is 3. The van der Waals surface area contributed by atoms with Crippen LogP contribution in [0.2, 0.25) is 0 Å². The molecule has 2 aliphatic rings. The average Bonchev–Trinajstić information content (AvgIpc) is 2.79. The molecule has 0 radical (unpaired) electrons. The van der Waals surface area contributed by atoms with E-state index in [-0.39, 0.29) is 25.0 Å². The molecule has 2 fully saturated rings. The first-order valence-electron chi connectivity index (χ1n) is 7.79. The zero-order valence-electron chi connectivity index (χ0n) is 13.6. The van der Waals surface area contributed by atoms with E-state index in [0.29, 0.717) is 12.8 Å². The number of rotatable bonds is 3. The Morgan fingerprint density at radius 3 is 2.52 bits per heavy atom. The van der Waals surface area contributed by atoms with E-state index in [9.17, 15) is 24.6 Å². The summed E-state index contributed by atoms with van der Waals surface area (Å²) >= 11 is 0. The number of fused-ring (bicyclic) bond motifs is 1. The molecule has 8 heteroatoms. The van der Waals surface area contributed by atoms with Gasteiger partial charge >= 0.3 is 12.1 Å². The summed E-state index contributed by atoms with van der Waals surface area (Å²) in [6, 6.07) is -2.03. The quantitative estimate of drug-likeness (QED) is 0.688. The second-order valence-corrected chi connectivity index (χ2v) is 7.12. The lowest BCUT2D eigenvalue weighted by atomic mass is 9.91. The highest BCUT2D eigenvalue weighted by atomic mass is 16.6. The minimum Gasteiger partial charge on any atom is -0.480 e. The molecule has 0 bridgehead atoms. The Bertz CT molecular complexity index is 501. The number of hydrogen-bond acceptors (Lipinski definition) is 5. The van der Waals surface area contributed by atoms with Crippen LogP contribution in [0.5, 0.6) is 0 Å². The van der Waals surface area contributed by atoms with Crippen LogP contribution in [0.4, 0.5) is 4.79 Å². The van der Waals surface area contributed by atoms with Crippen molar-refractivity contribution in [3.05, 3.63) is 0 Å². The highest BCUT2D eigenvalue weighted by Gasteiger charge is 2.51. The molecule has 0 unspecified atom stereocenters. The van der Waals surface area contributed by atoms with Gasteiger partial charge in [-0.1, -0.05) is 0 Å². The molecule has 0 spiro atoms. The fraction of sp³-hybridized carbons (Fsp3) is 0.800. The van der Waals surface area contributed by atoms with Crippen LogP contribution in [0.3, 0.4) is 0 Å². The van der Waals surface area contributed by atoms with Crippen LogP contribution in [0.1, 0.15) is 40.0 Å². The molecule has 2 rings (SSSR count). The van der Waals surface area contributed by atoms with Crippen LogP contribution in [0.15, 0.2) is 0 Å². The number of carboxylic acids is 1. The van der Waals surface area contributed by atoms with E-state index >= 15 is 0 Å². The summed E-state index contributed by atoms with van der Waals surface area (Å²) in [5, 5.41) is 21.2. The van der Waals surface area contributed by atoms with E-state index in [0.717, 1.165) is 0 Å². The van der Waals surface area contributed by atoms with E-state index in [1.165, 1.54) is 4.90 Å². The molecule has 0 saturated carbocycles. The molecule has 2 heterocycles. The van der Waals surface area contributed by atoms with Gasteiger partial charge in [-0.15, -0.1) is 0 Å². The van der Waals surface area contributed by atoms with E-state index < -0.39 is 35.7 Å². The first-order valence-corrected chi connectivity index (χ1v) is 7.79. The number of alkyl carbamates (subject to hydrolysis) is 1. The van der Waals surface area contributed by atoms with Crippen LogP contribution in [0.25, 0.3) is 0 Å². The van der Waals surface area contributed by atoms with Crippen molar-refractivity contribution in [1.82, 2.24) is 10.2 Å².